The van der Waals surface area contributed by atoms with Crippen molar-refractivity contribution in [2.75, 3.05) is 0 Å². The number of rotatable bonds is 6. The molecular formula is C16H17BrN2O. The Hall–Kier alpha value is -1.39. The Balaban J connectivity index is 1.52. The molecular weight excluding hydrogens is 316 g/mol. The van der Waals surface area contributed by atoms with Gasteiger partial charge in [0.1, 0.15) is 6.61 Å². The molecule has 2 aromatic rings. The number of pyridine rings is 1. The van der Waals surface area contributed by atoms with Gasteiger partial charge in [0.2, 0.25) is 5.88 Å². The molecule has 0 unspecified atom stereocenters. The SMILES string of the molecule is Brc1cccc(COc2ccc(CNC3CC3)cn2)c1. The van der Waals surface area contributed by atoms with Gasteiger partial charge in [-0.3, -0.25) is 0 Å². The number of ether oxygens (including phenoxy) is 1. The minimum atomic E-state index is 0.534. The van der Waals surface area contributed by atoms with Crippen molar-refractivity contribution in [2.24, 2.45) is 0 Å². The van der Waals surface area contributed by atoms with Crippen molar-refractivity contribution < 1.29 is 4.74 Å². The molecule has 104 valence electrons. The largest absolute Gasteiger partial charge is 0.473 e. The van der Waals surface area contributed by atoms with Crippen LogP contribution in [-0.4, -0.2) is 11.0 Å². The zero-order chi connectivity index (χ0) is 13.8. The molecule has 20 heavy (non-hydrogen) atoms. The summed E-state index contributed by atoms with van der Waals surface area (Å²) in [6, 6.07) is 12.8. The van der Waals surface area contributed by atoms with Gasteiger partial charge in [0.05, 0.1) is 0 Å². The first-order valence-corrected chi connectivity index (χ1v) is 7.64. The lowest BCUT2D eigenvalue weighted by Gasteiger charge is -2.07. The van der Waals surface area contributed by atoms with Crippen LogP contribution in [-0.2, 0) is 13.2 Å². The second-order valence-electron chi connectivity index (χ2n) is 5.08. The van der Waals surface area contributed by atoms with Crippen LogP contribution in [0.4, 0.5) is 0 Å². The Morgan fingerprint density at radius 1 is 1.20 bits per heavy atom. The van der Waals surface area contributed by atoms with E-state index in [1.54, 1.807) is 0 Å². The number of halogens is 1. The van der Waals surface area contributed by atoms with E-state index in [-0.39, 0.29) is 0 Å². The molecule has 1 saturated carbocycles. The van der Waals surface area contributed by atoms with E-state index in [2.05, 4.69) is 32.3 Å². The summed E-state index contributed by atoms with van der Waals surface area (Å²) in [7, 11) is 0. The lowest BCUT2D eigenvalue weighted by Crippen LogP contribution is -2.15. The van der Waals surface area contributed by atoms with Crippen molar-refractivity contribution in [3.63, 3.8) is 0 Å². The third-order valence-corrected chi connectivity index (χ3v) is 3.74. The fourth-order valence-corrected chi connectivity index (χ4v) is 2.38. The van der Waals surface area contributed by atoms with Crippen LogP contribution in [0.2, 0.25) is 0 Å². The van der Waals surface area contributed by atoms with E-state index in [0.29, 0.717) is 12.5 Å². The van der Waals surface area contributed by atoms with Crippen molar-refractivity contribution in [2.45, 2.75) is 32.0 Å². The second kappa shape index (κ2) is 6.37. The number of hydrogen-bond acceptors (Lipinski definition) is 3. The van der Waals surface area contributed by atoms with Gasteiger partial charge < -0.3 is 10.1 Å². The molecule has 0 spiro atoms. The van der Waals surface area contributed by atoms with Gasteiger partial charge in [0.15, 0.2) is 0 Å². The Labute approximate surface area is 127 Å². The predicted molar refractivity (Wildman–Crippen MR) is 82.6 cm³/mol. The van der Waals surface area contributed by atoms with Crippen molar-refractivity contribution in [1.29, 1.82) is 0 Å². The molecule has 1 aliphatic carbocycles. The molecule has 0 radical (unpaired) electrons. The minimum Gasteiger partial charge on any atom is -0.473 e. The second-order valence-corrected chi connectivity index (χ2v) is 5.99. The summed E-state index contributed by atoms with van der Waals surface area (Å²) in [5.41, 5.74) is 2.33. The maximum absolute atomic E-state index is 5.69. The molecule has 0 amide bonds. The highest BCUT2D eigenvalue weighted by Gasteiger charge is 2.19. The predicted octanol–water partition coefficient (Wildman–Crippen LogP) is 3.68. The molecule has 4 heteroatoms. The number of hydrogen-bond donors (Lipinski definition) is 1. The number of nitrogens with zero attached hydrogens (tertiary/aromatic N) is 1. The molecule has 0 bridgehead atoms. The van der Waals surface area contributed by atoms with Crippen LogP contribution in [0, 0.1) is 0 Å². The summed E-state index contributed by atoms with van der Waals surface area (Å²) in [6.45, 7) is 1.43. The topological polar surface area (TPSA) is 34.1 Å². The molecule has 3 rings (SSSR count). The minimum absolute atomic E-state index is 0.534. The molecule has 1 heterocycles. The van der Waals surface area contributed by atoms with Crippen LogP contribution in [0.15, 0.2) is 47.1 Å². The van der Waals surface area contributed by atoms with Gasteiger partial charge in [-0.15, -0.1) is 0 Å². The van der Waals surface area contributed by atoms with Crippen LogP contribution in [0.1, 0.15) is 24.0 Å². The van der Waals surface area contributed by atoms with Gasteiger partial charge in [0, 0.05) is 29.3 Å². The van der Waals surface area contributed by atoms with Crippen molar-refractivity contribution in [1.82, 2.24) is 10.3 Å². The Bertz CT molecular complexity index is 567. The molecule has 1 N–H and O–H groups in total. The van der Waals surface area contributed by atoms with Crippen LogP contribution >= 0.6 is 15.9 Å². The first-order chi connectivity index (χ1) is 9.79. The summed E-state index contributed by atoms with van der Waals surface area (Å²) in [6.07, 6.45) is 4.49. The number of nitrogens with one attached hydrogen (secondary N) is 1. The van der Waals surface area contributed by atoms with E-state index in [1.807, 2.05) is 36.5 Å². The fourth-order valence-electron chi connectivity index (χ4n) is 1.93. The summed E-state index contributed by atoms with van der Waals surface area (Å²) < 4.78 is 6.75. The van der Waals surface area contributed by atoms with Gasteiger partial charge in [-0.1, -0.05) is 34.1 Å². The van der Waals surface area contributed by atoms with E-state index in [0.717, 1.165) is 22.6 Å². The van der Waals surface area contributed by atoms with E-state index in [9.17, 15) is 0 Å². The lowest BCUT2D eigenvalue weighted by atomic mass is 10.2. The van der Waals surface area contributed by atoms with Crippen LogP contribution in [0.5, 0.6) is 5.88 Å². The highest BCUT2D eigenvalue weighted by Crippen LogP contribution is 2.19. The van der Waals surface area contributed by atoms with Gasteiger partial charge in [-0.2, -0.15) is 0 Å². The normalized spacial score (nSPS) is 14.2. The number of benzene rings is 1. The highest BCUT2D eigenvalue weighted by atomic mass is 79.9. The van der Waals surface area contributed by atoms with Crippen molar-refractivity contribution >= 4 is 15.9 Å². The summed E-state index contributed by atoms with van der Waals surface area (Å²) >= 11 is 3.45. The van der Waals surface area contributed by atoms with E-state index in [1.165, 1.54) is 18.4 Å². The number of aromatic nitrogens is 1. The Morgan fingerprint density at radius 3 is 2.80 bits per heavy atom. The van der Waals surface area contributed by atoms with Gasteiger partial charge in [0.25, 0.3) is 0 Å². The molecule has 1 aliphatic rings. The third-order valence-electron chi connectivity index (χ3n) is 3.25. The Morgan fingerprint density at radius 2 is 2.10 bits per heavy atom. The smallest absolute Gasteiger partial charge is 0.213 e. The third kappa shape index (κ3) is 4.05. The van der Waals surface area contributed by atoms with Crippen molar-refractivity contribution in [3.8, 4) is 5.88 Å². The molecule has 0 aliphatic heterocycles. The summed E-state index contributed by atoms with van der Waals surface area (Å²) in [5.74, 6) is 0.667. The van der Waals surface area contributed by atoms with Gasteiger partial charge >= 0.3 is 0 Å². The van der Waals surface area contributed by atoms with Gasteiger partial charge in [-0.25, -0.2) is 4.98 Å². The fraction of sp³-hybridized carbons (Fsp3) is 0.312. The highest BCUT2D eigenvalue weighted by molar-refractivity contribution is 9.10. The standard InChI is InChI=1S/C16H17BrN2O/c17-14-3-1-2-12(8-14)11-20-16-7-4-13(10-19-16)9-18-15-5-6-15/h1-4,7-8,10,15,18H,5-6,9,11H2. The summed E-state index contributed by atoms with van der Waals surface area (Å²) in [5, 5.41) is 3.47. The lowest BCUT2D eigenvalue weighted by molar-refractivity contribution is 0.293. The van der Waals surface area contributed by atoms with Crippen LogP contribution < -0.4 is 10.1 Å². The van der Waals surface area contributed by atoms with Crippen LogP contribution in [0.25, 0.3) is 0 Å². The molecule has 1 aromatic carbocycles. The first-order valence-electron chi connectivity index (χ1n) is 6.85. The van der Waals surface area contributed by atoms with E-state index < -0.39 is 0 Å². The average Bonchev–Trinajstić information content (AvgIpc) is 3.28. The summed E-state index contributed by atoms with van der Waals surface area (Å²) in [4.78, 5) is 4.34. The van der Waals surface area contributed by atoms with E-state index in [4.69, 9.17) is 4.74 Å². The quantitative estimate of drug-likeness (QED) is 0.876. The monoisotopic (exact) mass is 332 g/mol. The maximum atomic E-state index is 5.69. The zero-order valence-electron chi connectivity index (χ0n) is 11.2. The molecule has 0 atom stereocenters. The molecule has 0 saturated heterocycles. The van der Waals surface area contributed by atoms with Crippen molar-refractivity contribution in [3.05, 3.63) is 58.2 Å². The average molecular weight is 333 g/mol. The Kier molecular flexibility index (Phi) is 4.33. The van der Waals surface area contributed by atoms with Gasteiger partial charge in [-0.05, 0) is 36.1 Å². The zero-order valence-corrected chi connectivity index (χ0v) is 12.8. The van der Waals surface area contributed by atoms with Crippen LogP contribution in [0.3, 0.4) is 0 Å². The molecule has 3 nitrogen and oxygen atoms in total. The van der Waals surface area contributed by atoms with E-state index >= 15 is 0 Å². The first kappa shape index (κ1) is 13.6. The molecule has 1 aromatic heterocycles. The maximum Gasteiger partial charge on any atom is 0.213 e. The molecule has 1 fully saturated rings.